The topological polar surface area (TPSA) is 68.0 Å². The predicted octanol–water partition coefficient (Wildman–Crippen LogP) is 4.37. The van der Waals surface area contributed by atoms with Crippen molar-refractivity contribution in [1.82, 2.24) is 4.98 Å². The summed E-state index contributed by atoms with van der Waals surface area (Å²) in [6.07, 6.45) is 3.08. The highest BCUT2D eigenvalue weighted by Gasteiger charge is 2.32. The van der Waals surface area contributed by atoms with E-state index in [1.54, 1.807) is 11.3 Å². The highest BCUT2D eigenvalue weighted by Crippen LogP contribution is 2.34. The lowest BCUT2D eigenvalue weighted by Gasteiger charge is -2.16. The second-order valence-electron chi connectivity index (χ2n) is 5.19. The zero-order chi connectivity index (χ0) is 14.8. The molecule has 0 saturated heterocycles. The van der Waals surface area contributed by atoms with Crippen molar-refractivity contribution in [2.24, 2.45) is 17.6 Å². The van der Waals surface area contributed by atoms with E-state index in [-0.39, 0.29) is 24.2 Å². The Labute approximate surface area is 152 Å². The van der Waals surface area contributed by atoms with Gasteiger partial charge in [-0.1, -0.05) is 6.42 Å². The molecule has 1 saturated carbocycles. The summed E-state index contributed by atoms with van der Waals surface area (Å²) < 4.78 is 1.05. The van der Waals surface area contributed by atoms with Gasteiger partial charge in [-0.05, 0) is 47.3 Å². The molecular formula is C14H17BrClN3OS2. The predicted molar refractivity (Wildman–Crippen MR) is 98.9 cm³/mol. The fourth-order valence-corrected chi connectivity index (χ4v) is 4.93. The molecule has 0 aromatic carbocycles. The molecule has 1 aliphatic carbocycles. The van der Waals surface area contributed by atoms with Crippen LogP contribution in [0.1, 0.15) is 19.3 Å². The molecule has 4 nitrogen and oxygen atoms in total. The number of nitrogens with one attached hydrogen (secondary N) is 1. The van der Waals surface area contributed by atoms with E-state index < -0.39 is 0 Å². The molecule has 0 aliphatic heterocycles. The van der Waals surface area contributed by atoms with Gasteiger partial charge < -0.3 is 11.1 Å². The molecule has 1 amide bonds. The SMILES string of the molecule is Cl.NC[C@H]1CCC[C@H]1C(=O)Nc1nc(-c2cc(Br)cs2)cs1. The number of hydrogen-bond acceptors (Lipinski definition) is 5. The zero-order valence-electron chi connectivity index (χ0n) is 11.8. The quantitative estimate of drug-likeness (QED) is 0.768. The van der Waals surface area contributed by atoms with Crippen molar-refractivity contribution < 1.29 is 4.79 Å². The number of carbonyl (C=O) groups excluding carboxylic acids is 1. The van der Waals surface area contributed by atoms with Gasteiger partial charge in [0.1, 0.15) is 0 Å². The first-order valence-electron chi connectivity index (χ1n) is 6.88. The molecule has 8 heteroatoms. The van der Waals surface area contributed by atoms with Crippen LogP contribution in [0.15, 0.2) is 21.3 Å². The van der Waals surface area contributed by atoms with Crippen molar-refractivity contribution in [3.63, 3.8) is 0 Å². The molecule has 2 atom stereocenters. The van der Waals surface area contributed by atoms with Gasteiger partial charge in [-0.3, -0.25) is 4.79 Å². The van der Waals surface area contributed by atoms with Crippen LogP contribution in [-0.2, 0) is 4.79 Å². The molecule has 0 spiro atoms. The van der Waals surface area contributed by atoms with Gasteiger partial charge in [0.15, 0.2) is 5.13 Å². The summed E-state index contributed by atoms with van der Waals surface area (Å²) in [6.45, 7) is 0.588. The van der Waals surface area contributed by atoms with Crippen molar-refractivity contribution in [2.75, 3.05) is 11.9 Å². The van der Waals surface area contributed by atoms with E-state index in [0.717, 1.165) is 34.3 Å². The van der Waals surface area contributed by atoms with Crippen LogP contribution >= 0.6 is 51.0 Å². The van der Waals surface area contributed by atoms with E-state index in [9.17, 15) is 4.79 Å². The van der Waals surface area contributed by atoms with E-state index >= 15 is 0 Å². The van der Waals surface area contributed by atoms with Gasteiger partial charge in [0.05, 0.1) is 10.6 Å². The Bertz CT molecular complexity index is 646. The van der Waals surface area contributed by atoms with Gasteiger partial charge in [0.25, 0.3) is 0 Å². The smallest absolute Gasteiger partial charge is 0.229 e. The number of thiazole rings is 1. The van der Waals surface area contributed by atoms with E-state index in [1.165, 1.54) is 11.3 Å². The van der Waals surface area contributed by atoms with Crippen molar-refractivity contribution in [3.05, 3.63) is 21.3 Å². The van der Waals surface area contributed by atoms with Gasteiger partial charge in [-0.15, -0.1) is 35.1 Å². The number of thiophene rings is 1. The summed E-state index contributed by atoms with van der Waals surface area (Å²) in [5.41, 5.74) is 6.65. The maximum absolute atomic E-state index is 12.3. The number of halogens is 2. The Balaban J connectivity index is 0.00000176. The molecule has 22 heavy (non-hydrogen) atoms. The average molecular weight is 423 g/mol. The Morgan fingerprint density at radius 1 is 1.41 bits per heavy atom. The summed E-state index contributed by atoms with van der Waals surface area (Å²) in [6, 6.07) is 2.03. The first kappa shape index (κ1) is 17.9. The molecule has 0 bridgehead atoms. The molecule has 1 aliphatic rings. The van der Waals surface area contributed by atoms with E-state index in [1.807, 2.05) is 16.8 Å². The maximum Gasteiger partial charge on any atom is 0.229 e. The van der Waals surface area contributed by atoms with Crippen LogP contribution in [-0.4, -0.2) is 17.4 Å². The van der Waals surface area contributed by atoms with Crippen molar-refractivity contribution in [2.45, 2.75) is 19.3 Å². The van der Waals surface area contributed by atoms with Crippen LogP contribution in [0.4, 0.5) is 5.13 Å². The zero-order valence-corrected chi connectivity index (χ0v) is 15.8. The highest BCUT2D eigenvalue weighted by atomic mass is 79.9. The molecule has 0 unspecified atom stereocenters. The van der Waals surface area contributed by atoms with Crippen LogP contribution in [0.3, 0.4) is 0 Å². The monoisotopic (exact) mass is 421 g/mol. The number of rotatable bonds is 4. The average Bonchev–Trinajstić information content (AvgIpc) is 3.17. The van der Waals surface area contributed by atoms with Crippen molar-refractivity contribution in [3.8, 4) is 10.6 Å². The minimum absolute atomic E-state index is 0. The van der Waals surface area contributed by atoms with Crippen molar-refractivity contribution in [1.29, 1.82) is 0 Å². The molecule has 3 N–H and O–H groups in total. The Morgan fingerprint density at radius 2 is 2.23 bits per heavy atom. The molecule has 0 radical (unpaired) electrons. The van der Waals surface area contributed by atoms with Crippen LogP contribution in [0.2, 0.25) is 0 Å². The first-order chi connectivity index (χ1) is 10.2. The number of carbonyl (C=O) groups is 1. The highest BCUT2D eigenvalue weighted by molar-refractivity contribution is 9.10. The summed E-state index contributed by atoms with van der Waals surface area (Å²) in [5.74, 6) is 0.423. The Kier molecular flexibility index (Phi) is 6.40. The first-order valence-corrected chi connectivity index (χ1v) is 9.43. The lowest BCUT2D eigenvalue weighted by Crippen LogP contribution is -2.29. The molecule has 2 aromatic heterocycles. The number of nitrogens with two attached hydrogens (primary N) is 1. The third-order valence-corrected chi connectivity index (χ3v) is 6.32. The second-order valence-corrected chi connectivity index (χ2v) is 7.87. The van der Waals surface area contributed by atoms with E-state index in [2.05, 4.69) is 26.2 Å². The maximum atomic E-state index is 12.3. The lowest BCUT2D eigenvalue weighted by atomic mass is 9.95. The summed E-state index contributed by atoms with van der Waals surface area (Å²) >= 11 is 6.54. The normalized spacial score (nSPS) is 20.6. The number of nitrogens with zero attached hydrogens (tertiary/aromatic N) is 1. The second kappa shape index (κ2) is 7.88. The standard InChI is InChI=1S/C14H16BrN3OS2.ClH/c15-9-4-12(20-6-9)11-7-21-14(17-11)18-13(19)10-3-1-2-8(10)5-16;/h4,6-8,10H,1-3,5,16H2,(H,17,18,19);1H/t8-,10-;/m1./s1. The van der Waals surface area contributed by atoms with Gasteiger partial charge >= 0.3 is 0 Å². The molecule has 2 aromatic rings. The number of hydrogen-bond donors (Lipinski definition) is 2. The third kappa shape index (κ3) is 3.89. The van der Waals surface area contributed by atoms with Gasteiger partial charge in [0, 0.05) is 21.2 Å². The lowest BCUT2D eigenvalue weighted by molar-refractivity contribution is -0.120. The molecule has 1 fully saturated rings. The Hall–Kier alpha value is -0.470. The fraction of sp³-hybridized carbons (Fsp3) is 0.429. The summed E-state index contributed by atoms with van der Waals surface area (Å²) in [4.78, 5) is 17.9. The Morgan fingerprint density at radius 3 is 2.91 bits per heavy atom. The van der Waals surface area contributed by atoms with Crippen LogP contribution in [0.25, 0.3) is 10.6 Å². The van der Waals surface area contributed by atoms with Crippen LogP contribution in [0.5, 0.6) is 0 Å². The minimum Gasteiger partial charge on any atom is -0.330 e. The van der Waals surface area contributed by atoms with Gasteiger partial charge in [0.2, 0.25) is 5.91 Å². The summed E-state index contributed by atoms with van der Waals surface area (Å²) in [5, 5.41) is 7.62. The third-order valence-electron chi connectivity index (χ3n) is 3.85. The van der Waals surface area contributed by atoms with Crippen molar-refractivity contribution >= 4 is 62.0 Å². The molecule has 2 heterocycles. The number of anilines is 1. The number of amides is 1. The molecular weight excluding hydrogens is 406 g/mol. The van der Waals surface area contributed by atoms with Gasteiger partial charge in [-0.25, -0.2) is 4.98 Å². The number of aromatic nitrogens is 1. The van der Waals surface area contributed by atoms with Crippen LogP contribution < -0.4 is 11.1 Å². The van der Waals surface area contributed by atoms with Gasteiger partial charge in [-0.2, -0.15) is 0 Å². The minimum atomic E-state index is 0. The van der Waals surface area contributed by atoms with E-state index in [4.69, 9.17) is 5.73 Å². The summed E-state index contributed by atoms with van der Waals surface area (Å²) in [7, 11) is 0. The largest absolute Gasteiger partial charge is 0.330 e. The fourth-order valence-electron chi connectivity index (χ4n) is 2.75. The molecule has 3 rings (SSSR count). The molecule has 120 valence electrons. The van der Waals surface area contributed by atoms with E-state index in [0.29, 0.717) is 17.6 Å². The van der Waals surface area contributed by atoms with Crippen LogP contribution in [0, 0.1) is 11.8 Å².